The molecule has 0 spiro atoms. The number of anilines is 1. The number of rotatable bonds is 2. The van der Waals surface area contributed by atoms with E-state index in [0.717, 1.165) is 12.1 Å². The summed E-state index contributed by atoms with van der Waals surface area (Å²) in [6.07, 6.45) is 0. The molecule has 84 valence electrons. The molecule has 0 saturated heterocycles. The van der Waals surface area contributed by atoms with E-state index >= 15 is 0 Å². The molecular formula is C6H5NNa2O6S2. The third kappa shape index (κ3) is 6.01. The maximum Gasteiger partial charge on any atom is 1.00 e. The molecule has 0 aromatic heterocycles. The maximum atomic E-state index is 10.6. The molecule has 0 radical (unpaired) electrons. The first kappa shape index (κ1) is 20.2. The molecule has 1 aromatic carbocycles. The van der Waals surface area contributed by atoms with E-state index in [1.807, 2.05) is 0 Å². The van der Waals surface area contributed by atoms with Crippen molar-refractivity contribution in [3.8, 4) is 0 Å². The van der Waals surface area contributed by atoms with Crippen LogP contribution in [0.2, 0.25) is 0 Å². The van der Waals surface area contributed by atoms with Gasteiger partial charge in [0, 0.05) is 5.69 Å². The van der Waals surface area contributed by atoms with Crippen LogP contribution in [0.1, 0.15) is 0 Å². The van der Waals surface area contributed by atoms with Crippen molar-refractivity contribution in [2.45, 2.75) is 9.79 Å². The molecule has 0 atom stereocenters. The Morgan fingerprint density at radius 3 is 1.35 bits per heavy atom. The van der Waals surface area contributed by atoms with Crippen molar-refractivity contribution in [3.05, 3.63) is 18.2 Å². The van der Waals surface area contributed by atoms with E-state index in [-0.39, 0.29) is 64.8 Å². The van der Waals surface area contributed by atoms with Crippen LogP contribution in [-0.2, 0) is 20.2 Å². The largest absolute Gasteiger partial charge is 1.00 e. The molecule has 0 unspecified atom stereocenters. The van der Waals surface area contributed by atoms with Gasteiger partial charge in [-0.2, -0.15) is 0 Å². The van der Waals surface area contributed by atoms with E-state index < -0.39 is 30.0 Å². The van der Waals surface area contributed by atoms with Crippen LogP contribution in [0.15, 0.2) is 28.0 Å². The molecule has 0 saturated carbocycles. The van der Waals surface area contributed by atoms with E-state index in [2.05, 4.69) is 0 Å². The summed E-state index contributed by atoms with van der Waals surface area (Å²) in [7, 11) is -9.68. The number of nitrogen functional groups attached to an aromatic ring is 1. The van der Waals surface area contributed by atoms with Gasteiger partial charge in [-0.15, -0.1) is 0 Å². The van der Waals surface area contributed by atoms with E-state index in [1.165, 1.54) is 0 Å². The maximum absolute atomic E-state index is 10.6. The Bertz CT molecular complexity index is 547. The number of nitrogens with two attached hydrogens (primary N) is 1. The first-order valence-electron chi connectivity index (χ1n) is 3.43. The normalized spacial score (nSPS) is 11.2. The Balaban J connectivity index is 0. The zero-order valence-electron chi connectivity index (χ0n) is 9.08. The summed E-state index contributed by atoms with van der Waals surface area (Å²) < 4.78 is 63.3. The van der Waals surface area contributed by atoms with Crippen LogP contribution >= 0.6 is 0 Å². The van der Waals surface area contributed by atoms with E-state index in [9.17, 15) is 25.9 Å². The van der Waals surface area contributed by atoms with Gasteiger partial charge in [-0.05, 0) is 18.2 Å². The van der Waals surface area contributed by atoms with Crippen molar-refractivity contribution < 1.29 is 85.1 Å². The van der Waals surface area contributed by atoms with Gasteiger partial charge in [0.25, 0.3) is 0 Å². The van der Waals surface area contributed by atoms with Gasteiger partial charge in [0.2, 0.25) is 0 Å². The molecule has 7 nitrogen and oxygen atoms in total. The average Bonchev–Trinajstić information content (AvgIpc) is 1.99. The van der Waals surface area contributed by atoms with Gasteiger partial charge in [0.1, 0.15) is 20.2 Å². The van der Waals surface area contributed by atoms with Crippen LogP contribution in [0.4, 0.5) is 5.69 Å². The van der Waals surface area contributed by atoms with Gasteiger partial charge in [0.15, 0.2) is 0 Å². The molecule has 2 N–H and O–H groups in total. The van der Waals surface area contributed by atoms with Crippen molar-refractivity contribution in [2.24, 2.45) is 0 Å². The predicted molar refractivity (Wildman–Crippen MR) is 46.8 cm³/mol. The number of hydrogen-bond donors (Lipinski definition) is 1. The van der Waals surface area contributed by atoms with E-state index in [1.54, 1.807) is 0 Å². The van der Waals surface area contributed by atoms with Crippen LogP contribution in [0.25, 0.3) is 0 Å². The molecule has 0 amide bonds. The van der Waals surface area contributed by atoms with E-state index in [0.29, 0.717) is 6.07 Å². The first-order valence-corrected chi connectivity index (χ1v) is 6.25. The molecule has 0 fully saturated rings. The summed E-state index contributed by atoms with van der Waals surface area (Å²) in [6, 6.07) is 2.02. The Morgan fingerprint density at radius 1 is 0.824 bits per heavy atom. The Hall–Kier alpha value is 0.840. The summed E-state index contributed by atoms with van der Waals surface area (Å²) in [5, 5.41) is 0. The second-order valence-corrected chi connectivity index (χ2v) is 5.41. The van der Waals surface area contributed by atoms with Crippen molar-refractivity contribution in [1.29, 1.82) is 0 Å². The standard InChI is InChI=1S/C6H7NO6S2.2Na/c7-4-1-5(14(8,9)10)3-6(2-4)15(11,12)13;;/h1-3H,7H2,(H,8,9,10)(H,11,12,13);;/q;2*+1/p-2. The van der Waals surface area contributed by atoms with Crippen molar-refractivity contribution >= 4 is 25.9 Å². The third-order valence-corrected chi connectivity index (χ3v) is 3.11. The first-order chi connectivity index (χ1) is 6.60. The zero-order chi connectivity index (χ0) is 11.9. The van der Waals surface area contributed by atoms with Crippen molar-refractivity contribution in [1.82, 2.24) is 0 Å². The minimum absolute atomic E-state index is 0. The van der Waals surface area contributed by atoms with Crippen LogP contribution in [0.3, 0.4) is 0 Å². The molecule has 0 aliphatic rings. The summed E-state index contributed by atoms with van der Waals surface area (Å²) in [6.45, 7) is 0. The van der Waals surface area contributed by atoms with Gasteiger partial charge in [-0.3, -0.25) is 0 Å². The van der Waals surface area contributed by atoms with Crippen LogP contribution < -0.4 is 64.8 Å². The molecule has 0 bridgehead atoms. The van der Waals surface area contributed by atoms with Gasteiger partial charge in [-0.25, -0.2) is 16.8 Å². The summed E-state index contributed by atoms with van der Waals surface area (Å²) >= 11 is 0. The van der Waals surface area contributed by atoms with Gasteiger partial charge >= 0.3 is 59.1 Å². The Kier molecular flexibility index (Phi) is 8.12. The fourth-order valence-electron chi connectivity index (χ4n) is 0.882. The van der Waals surface area contributed by atoms with Crippen LogP contribution in [0, 0.1) is 0 Å². The molecule has 0 aliphatic heterocycles. The molecule has 0 aliphatic carbocycles. The van der Waals surface area contributed by atoms with Crippen molar-refractivity contribution in [2.75, 3.05) is 5.73 Å². The van der Waals surface area contributed by atoms with E-state index in [4.69, 9.17) is 5.73 Å². The molecule has 1 aromatic rings. The summed E-state index contributed by atoms with van der Waals surface area (Å²) in [5.74, 6) is 0. The van der Waals surface area contributed by atoms with Crippen LogP contribution in [0.5, 0.6) is 0 Å². The molecule has 11 heteroatoms. The monoisotopic (exact) mass is 297 g/mol. The minimum Gasteiger partial charge on any atom is -0.744 e. The Morgan fingerprint density at radius 2 is 1.12 bits per heavy atom. The smallest absolute Gasteiger partial charge is 0.744 e. The van der Waals surface area contributed by atoms with Gasteiger partial charge in [-0.1, -0.05) is 0 Å². The second kappa shape index (κ2) is 6.85. The quantitative estimate of drug-likeness (QED) is 0.325. The molecular weight excluding hydrogens is 292 g/mol. The minimum atomic E-state index is -4.84. The van der Waals surface area contributed by atoms with Gasteiger partial charge < -0.3 is 14.8 Å². The second-order valence-electron chi connectivity index (χ2n) is 2.65. The molecule has 0 heterocycles. The van der Waals surface area contributed by atoms with Gasteiger partial charge in [0.05, 0.1) is 9.79 Å². The fourth-order valence-corrected chi connectivity index (χ4v) is 2.06. The topological polar surface area (TPSA) is 140 Å². The molecule has 17 heavy (non-hydrogen) atoms. The predicted octanol–water partition coefficient (Wildman–Crippen LogP) is -6.92. The third-order valence-electron chi connectivity index (χ3n) is 1.48. The average molecular weight is 297 g/mol. The fraction of sp³-hybridized carbons (Fsp3) is 0. The SMILES string of the molecule is Nc1cc(S(=O)(=O)[O-])cc(S(=O)(=O)[O-])c1.[Na+].[Na+]. The summed E-state index contributed by atoms with van der Waals surface area (Å²) in [4.78, 5) is -1.70. The van der Waals surface area contributed by atoms with Crippen LogP contribution in [-0.4, -0.2) is 25.9 Å². The Labute approximate surface area is 143 Å². The molecule has 1 rings (SSSR count). The number of benzene rings is 1. The number of hydrogen-bond acceptors (Lipinski definition) is 7. The zero-order valence-corrected chi connectivity index (χ0v) is 14.7. The van der Waals surface area contributed by atoms with Crippen molar-refractivity contribution in [3.63, 3.8) is 0 Å². The summed E-state index contributed by atoms with van der Waals surface area (Å²) in [5.41, 5.74) is 4.86.